The van der Waals surface area contributed by atoms with Crippen molar-refractivity contribution in [2.45, 2.75) is 75.7 Å². The second-order valence-electron chi connectivity index (χ2n) is 13.9. The van der Waals surface area contributed by atoms with Gasteiger partial charge in [-0.2, -0.15) is 0 Å². The molecule has 2 heterocycles. The van der Waals surface area contributed by atoms with Crippen molar-refractivity contribution >= 4 is 39.3 Å². The number of hydrogen-bond acceptors (Lipinski definition) is 8. The molecule has 2 amide bonds. The number of benzene rings is 3. The van der Waals surface area contributed by atoms with Gasteiger partial charge in [0.2, 0.25) is 5.91 Å². The van der Waals surface area contributed by atoms with Gasteiger partial charge in [0, 0.05) is 49.4 Å². The monoisotopic (exact) mass is 793 g/mol. The average Bonchev–Trinajstić information content (AvgIpc) is 3.98. The molecule has 3 aliphatic rings. The zero-order chi connectivity index (χ0) is 37.6. The number of aliphatic hydroxyl groups excluding tert-OH is 1. The van der Waals surface area contributed by atoms with Crippen LogP contribution in [0.4, 0.5) is 4.39 Å². The molecule has 53 heavy (non-hydrogen) atoms. The minimum absolute atomic E-state index is 0.0660. The van der Waals surface area contributed by atoms with Gasteiger partial charge in [-0.05, 0) is 94.6 Å². The molecule has 0 unspecified atom stereocenters. The summed E-state index contributed by atoms with van der Waals surface area (Å²) in [5.41, 5.74) is 4.44. The quantitative estimate of drug-likeness (QED) is 0.164. The second kappa shape index (κ2) is 17.1. The van der Waals surface area contributed by atoms with Gasteiger partial charge in [-0.25, -0.2) is 4.39 Å². The van der Waals surface area contributed by atoms with Crippen LogP contribution >= 0.6 is 15.9 Å². The molecule has 0 radical (unpaired) electrons. The van der Waals surface area contributed by atoms with E-state index in [0.717, 1.165) is 47.9 Å². The number of aryl methyl sites for hydroxylation is 1. The number of carboxylic acid groups (broad SMARTS) is 1. The van der Waals surface area contributed by atoms with Gasteiger partial charge in [-0.15, -0.1) is 0 Å². The number of aliphatic hydroxyl groups is 1. The van der Waals surface area contributed by atoms with Gasteiger partial charge in [0.1, 0.15) is 23.1 Å². The largest absolute Gasteiger partial charge is 0.497 e. The summed E-state index contributed by atoms with van der Waals surface area (Å²) in [5, 5.41) is 22.9. The van der Waals surface area contributed by atoms with E-state index in [1.807, 2.05) is 29.2 Å². The minimum Gasteiger partial charge on any atom is -0.497 e. The molecular formula is C40H45BrFN3O8. The lowest BCUT2D eigenvalue weighted by molar-refractivity contribution is -0.141. The molecule has 0 spiro atoms. The number of nitrogens with zero attached hydrogens (tertiary/aromatic N) is 2. The molecule has 1 saturated heterocycles. The number of fused-ring (bicyclic) bond motifs is 2. The minimum atomic E-state index is -1.29. The normalized spacial score (nSPS) is 18.7. The molecule has 3 N–H and O–H groups in total. The van der Waals surface area contributed by atoms with Crippen LogP contribution in [0.5, 0.6) is 17.2 Å². The molecule has 3 aromatic carbocycles. The van der Waals surface area contributed by atoms with Crippen molar-refractivity contribution in [3.8, 4) is 17.2 Å². The number of piperazine rings is 1. The van der Waals surface area contributed by atoms with Crippen LogP contribution in [-0.2, 0) is 27.3 Å². The van der Waals surface area contributed by atoms with Gasteiger partial charge < -0.3 is 39.5 Å². The molecule has 282 valence electrons. The number of methoxy groups -OCH3 is 2. The number of carbonyl (C=O) groups is 3. The Labute approximate surface area is 316 Å². The van der Waals surface area contributed by atoms with E-state index in [1.54, 1.807) is 31.3 Å². The lowest BCUT2D eigenvalue weighted by atomic mass is 9.82. The number of hydrogen-bond donors (Lipinski definition) is 3. The summed E-state index contributed by atoms with van der Waals surface area (Å²) in [6, 6.07) is 17.6. The number of aliphatic carboxylic acids is 1. The summed E-state index contributed by atoms with van der Waals surface area (Å²) >= 11 is 3.39. The predicted octanol–water partition coefficient (Wildman–Crippen LogP) is 5.36. The maximum absolute atomic E-state index is 14.9. The molecule has 1 aliphatic carbocycles. The van der Waals surface area contributed by atoms with Crippen molar-refractivity contribution < 1.29 is 43.2 Å². The zero-order valence-corrected chi connectivity index (χ0v) is 31.4. The number of halogens is 2. The lowest BCUT2D eigenvalue weighted by Gasteiger charge is -2.45. The Morgan fingerprint density at radius 2 is 1.70 bits per heavy atom. The van der Waals surface area contributed by atoms with Crippen molar-refractivity contribution in [1.29, 1.82) is 0 Å². The van der Waals surface area contributed by atoms with E-state index in [-0.39, 0.29) is 42.7 Å². The first kappa shape index (κ1) is 38.3. The number of carboxylic acids is 1. The number of nitrogens with one attached hydrogen (secondary N) is 1. The van der Waals surface area contributed by atoms with E-state index in [4.69, 9.17) is 19.3 Å². The first-order valence-electron chi connectivity index (χ1n) is 17.9. The highest BCUT2D eigenvalue weighted by Gasteiger charge is 2.43. The summed E-state index contributed by atoms with van der Waals surface area (Å²) in [6.07, 6.45) is 1.63. The smallest absolute Gasteiger partial charge is 0.305 e. The van der Waals surface area contributed by atoms with Crippen molar-refractivity contribution in [1.82, 2.24) is 15.1 Å². The van der Waals surface area contributed by atoms with Crippen LogP contribution in [-0.4, -0.2) is 95.9 Å². The third-order valence-corrected chi connectivity index (χ3v) is 10.5. The molecule has 2 bridgehead atoms. The molecule has 2 fully saturated rings. The SMILES string of the molecule is COc1cc(CN(C(=O)C2=C(c3ccc(CCCOc4cc(F)ccc4Br)cc3)C[C@@H]3CN(C(=O)C[C@H](O)CC(=O)O)C[C@H]2N3)C2CC2)cc(OC)c1. The summed E-state index contributed by atoms with van der Waals surface area (Å²) < 4.78 is 31.1. The highest BCUT2D eigenvalue weighted by atomic mass is 79.9. The Hall–Kier alpha value is -4.46. The Balaban J connectivity index is 1.25. The molecule has 13 heteroatoms. The van der Waals surface area contributed by atoms with Gasteiger partial charge in [0.05, 0.1) is 50.3 Å². The molecule has 3 atom stereocenters. The third kappa shape index (κ3) is 9.75. The lowest BCUT2D eigenvalue weighted by Crippen LogP contribution is -2.62. The highest BCUT2D eigenvalue weighted by Crippen LogP contribution is 2.38. The van der Waals surface area contributed by atoms with Gasteiger partial charge in [-0.1, -0.05) is 24.3 Å². The van der Waals surface area contributed by atoms with E-state index in [2.05, 4.69) is 33.4 Å². The molecule has 0 aromatic heterocycles. The van der Waals surface area contributed by atoms with E-state index in [0.29, 0.717) is 53.4 Å². The van der Waals surface area contributed by atoms with Crippen molar-refractivity contribution in [3.63, 3.8) is 0 Å². The molecular weight excluding hydrogens is 749 g/mol. The van der Waals surface area contributed by atoms with Crippen molar-refractivity contribution in [2.24, 2.45) is 0 Å². The Kier molecular flexibility index (Phi) is 12.4. The average molecular weight is 795 g/mol. The van der Waals surface area contributed by atoms with Crippen molar-refractivity contribution in [2.75, 3.05) is 33.9 Å². The van der Waals surface area contributed by atoms with Gasteiger partial charge in [0.25, 0.3) is 5.91 Å². The molecule has 1 saturated carbocycles. The second-order valence-corrected chi connectivity index (χ2v) is 14.7. The summed E-state index contributed by atoms with van der Waals surface area (Å²) in [4.78, 5) is 42.9. The Bertz CT molecular complexity index is 1830. The van der Waals surface area contributed by atoms with Crippen LogP contribution in [0.2, 0.25) is 0 Å². The maximum atomic E-state index is 14.9. The zero-order valence-electron chi connectivity index (χ0n) is 29.9. The standard InChI is InChI=1S/C40H45BrFN3O8/c1-51-31-14-25(15-32(20-31)52-2)21-45(29-10-11-29)40(50)39-33(17-28-22-44(23-35(39)43-28)37(47)18-30(46)19-38(48)49)26-7-5-24(6-8-26)4-3-13-53-36-16-27(42)9-12-34(36)41/h5-9,12,14-16,20,28-30,35,43,46H,3-4,10-11,13,17-19,21-23H2,1-2H3,(H,48,49)/t28-,30+,35-/m1/s1. The van der Waals surface area contributed by atoms with E-state index in [1.165, 1.54) is 12.1 Å². The fourth-order valence-corrected chi connectivity index (χ4v) is 7.52. The number of amides is 2. The van der Waals surface area contributed by atoms with E-state index in [9.17, 15) is 23.9 Å². The third-order valence-electron chi connectivity index (χ3n) is 9.88. The first-order valence-corrected chi connectivity index (χ1v) is 18.7. The Morgan fingerprint density at radius 3 is 2.36 bits per heavy atom. The van der Waals surface area contributed by atoms with Gasteiger partial charge in [0.15, 0.2) is 0 Å². The number of ether oxygens (including phenoxy) is 3. The predicted molar refractivity (Wildman–Crippen MR) is 199 cm³/mol. The van der Waals surface area contributed by atoms with Crippen LogP contribution in [0.25, 0.3) is 5.57 Å². The fraction of sp³-hybridized carbons (Fsp3) is 0.425. The van der Waals surface area contributed by atoms with Gasteiger partial charge in [-0.3, -0.25) is 14.4 Å². The number of rotatable bonds is 16. The number of carbonyl (C=O) groups excluding carboxylic acids is 2. The van der Waals surface area contributed by atoms with Crippen molar-refractivity contribution in [3.05, 3.63) is 93.2 Å². The van der Waals surface area contributed by atoms with E-state index >= 15 is 0 Å². The van der Waals surface area contributed by atoms with Crippen LogP contribution in [0, 0.1) is 5.82 Å². The first-order chi connectivity index (χ1) is 25.5. The molecule has 2 aliphatic heterocycles. The summed E-state index contributed by atoms with van der Waals surface area (Å²) in [7, 11) is 3.18. The molecule has 11 nitrogen and oxygen atoms in total. The topological polar surface area (TPSA) is 138 Å². The molecule has 3 aromatic rings. The van der Waals surface area contributed by atoms with Crippen LogP contribution in [0.3, 0.4) is 0 Å². The molecule has 6 rings (SSSR count). The summed E-state index contributed by atoms with van der Waals surface area (Å²) in [5.74, 6) is -0.259. The van der Waals surface area contributed by atoms with Crippen LogP contribution < -0.4 is 19.5 Å². The van der Waals surface area contributed by atoms with Gasteiger partial charge >= 0.3 is 5.97 Å². The summed E-state index contributed by atoms with van der Waals surface area (Å²) in [6.45, 7) is 1.35. The maximum Gasteiger partial charge on any atom is 0.305 e. The fourth-order valence-electron chi connectivity index (χ4n) is 7.16. The van der Waals surface area contributed by atoms with Crippen LogP contribution in [0.15, 0.2) is 70.7 Å². The highest BCUT2D eigenvalue weighted by molar-refractivity contribution is 9.10. The Morgan fingerprint density at radius 1 is 0.981 bits per heavy atom. The van der Waals surface area contributed by atoms with Crippen LogP contribution in [0.1, 0.15) is 55.2 Å². The van der Waals surface area contributed by atoms with E-state index < -0.39 is 24.5 Å².